The number of rotatable bonds is 6. The lowest BCUT2D eigenvalue weighted by Gasteiger charge is -2.12. The molecule has 0 saturated heterocycles. The molecule has 6 heteroatoms. The van der Waals surface area contributed by atoms with E-state index in [0.29, 0.717) is 18.7 Å². The van der Waals surface area contributed by atoms with Crippen molar-refractivity contribution in [1.82, 2.24) is 15.1 Å². The summed E-state index contributed by atoms with van der Waals surface area (Å²) in [6.07, 6.45) is 3.92. The molecule has 6 nitrogen and oxygen atoms in total. The van der Waals surface area contributed by atoms with E-state index in [-0.39, 0.29) is 18.7 Å². The van der Waals surface area contributed by atoms with Crippen molar-refractivity contribution in [3.8, 4) is 0 Å². The van der Waals surface area contributed by atoms with Crippen LogP contribution in [-0.4, -0.2) is 33.6 Å². The highest BCUT2D eigenvalue weighted by Gasteiger charge is 2.08. The fourth-order valence-electron chi connectivity index (χ4n) is 1.94. The smallest absolute Gasteiger partial charge is 0.319 e. The molecule has 0 spiro atoms. The van der Waals surface area contributed by atoms with Crippen molar-refractivity contribution in [1.29, 1.82) is 0 Å². The zero-order chi connectivity index (χ0) is 15.1. The van der Waals surface area contributed by atoms with Gasteiger partial charge in [-0.15, -0.1) is 0 Å². The minimum absolute atomic E-state index is 0.0520. The Hall–Kier alpha value is -2.34. The Morgan fingerprint density at radius 1 is 1.38 bits per heavy atom. The van der Waals surface area contributed by atoms with E-state index >= 15 is 0 Å². The molecule has 0 saturated carbocycles. The number of urea groups is 1. The van der Waals surface area contributed by atoms with Crippen LogP contribution in [-0.2, 0) is 6.54 Å². The van der Waals surface area contributed by atoms with Gasteiger partial charge in [-0.1, -0.05) is 30.3 Å². The second kappa shape index (κ2) is 7.44. The van der Waals surface area contributed by atoms with Gasteiger partial charge in [-0.05, 0) is 18.9 Å². The highest BCUT2D eigenvalue weighted by Crippen LogP contribution is 2.08. The van der Waals surface area contributed by atoms with Gasteiger partial charge in [-0.3, -0.25) is 4.68 Å². The number of aliphatic hydroxyl groups excluding tert-OH is 1. The van der Waals surface area contributed by atoms with Crippen LogP contribution in [0.25, 0.3) is 0 Å². The summed E-state index contributed by atoms with van der Waals surface area (Å²) in [6.45, 7) is 2.55. The van der Waals surface area contributed by atoms with Crippen molar-refractivity contribution in [2.75, 3.05) is 11.9 Å². The predicted molar refractivity (Wildman–Crippen MR) is 81.1 cm³/mol. The summed E-state index contributed by atoms with van der Waals surface area (Å²) in [5, 5.41) is 18.5. The molecule has 1 heterocycles. The predicted octanol–water partition coefficient (Wildman–Crippen LogP) is 1.82. The second-order valence-corrected chi connectivity index (χ2v) is 4.92. The van der Waals surface area contributed by atoms with Crippen molar-refractivity contribution in [3.63, 3.8) is 0 Å². The third-order valence-corrected chi connectivity index (χ3v) is 3.02. The minimum Gasteiger partial charge on any atom is -0.396 e. The molecule has 112 valence electrons. The molecule has 3 N–H and O–H groups in total. The molecule has 2 rings (SSSR count). The van der Waals surface area contributed by atoms with Crippen LogP contribution in [0.2, 0.25) is 0 Å². The van der Waals surface area contributed by atoms with Gasteiger partial charge in [0.15, 0.2) is 0 Å². The highest BCUT2D eigenvalue weighted by molar-refractivity contribution is 5.89. The molecule has 0 fully saturated rings. The molecule has 0 aliphatic rings. The maximum Gasteiger partial charge on any atom is 0.319 e. The number of hydrogen-bond donors (Lipinski definition) is 3. The summed E-state index contributed by atoms with van der Waals surface area (Å²) >= 11 is 0. The Morgan fingerprint density at radius 2 is 2.14 bits per heavy atom. The largest absolute Gasteiger partial charge is 0.396 e. The number of carbonyl (C=O) groups excluding carboxylic acids is 1. The van der Waals surface area contributed by atoms with Gasteiger partial charge in [-0.25, -0.2) is 4.79 Å². The standard InChI is InChI=1S/C15H20N4O2/c1-12(7-8-20)17-15(21)18-14-9-16-19(11-14)10-13-5-3-2-4-6-13/h2-6,9,11-12,20H,7-8,10H2,1H3,(H2,17,18,21)/t12-/m1/s1. The normalized spacial score (nSPS) is 11.9. The van der Waals surface area contributed by atoms with Crippen LogP contribution in [0.5, 0.6) is 0 Å². The van der Waals surface area contributed by atoms with Crippen LogP contribution < -0.4 is 10.6 Å². The molecule has 1 atom stereocenters. The van der Waals surface area contributed by atoms with Gasteiger partial charge < -0.3 is 15.7 Å². The topological polar surface area (TPSA) is 79.2 Å². The highest BCUT2D eigenvalue weighted by atomic mass is 16.3. The number of anilines is 1. The van der Waals surface area contributed by atoms with Gasteiger partial charge in [0.05, 0.1) is 18.4 Å². The van der Waals surface area contributed by atoms with Crippen LogP contribution in [0, 0.1) is 0 Å². The SMILES string of the molecule is C[C@H](CCO)NC(=O)Nc1cnn(Cc2ccccc2)c1. The van der Waals surface area contributed by atoms with Gasteiger partial charge in [0, 0.05) is 18.8 Å². The van der Waals surface area contributed by atoms with E-state index in [1.807, 2.05) is 37.3 Å². The fourth-order valence-corrected chi connectivity index (χ4v) is 1.94. The van der Waals surface area contributed by atoms with Gasteiger partial charge in [0.25, 0.3) is 0 Å². The number of nitrogens with one attached hydrogen (secondary N) is 2. The quantitative estimate of drug-likeness (QED) is 0.758. The fraction of sp³-hybridized carbons (Fsp3) is 0.333. The molecule has 0 radical (unpaired) electrons. The molecule has 0 bridgehead atoms. The molecule has 1 aromatic heterocycles. The average Bonchev–Trinajstić information content (AvgIpc) is 2.87. The molecule has 0 aliphatic carbocycles. The molecule has 0 unspecified atom stereocenters. The summed E-state index contributed by atoms with van der Waals surface area (Å²) in [5.74, 6) is 0. The van der Waals surface area contributed by atoms with Crippen LogP contribution >= 0.6 is 0 Å². The average molecular weight is 288 g/mol. The first-order valence-electron chi connectivity index (χ1n) is 6.92. The van der Waals surface area contributed by atoms with E-state index in [0.717, 1.165) is 5.56 Å². The van der Waals surface area contributed by atoms with Gasteiger partial charge >= 0.3 is 6.03 Å². The number of aliphatic hydroxyl groups is 1. The van der Waals surface area contributed by atoms with Crippen LogP contribution in [0.3, 0.4) is 0 Å². The Balaban J connectivity index is 1.87. The second-order valence-electron chi connectivity index (χ2n) is 4.92. The maximum atomic E-state index is 11.7. The number of aromatic nitrogens is 2. The molecular formula is C15H20N4O2. The van der Waals surface area contributed by atoms with Gasteiger partial charge in [0.1, 0.15) is 0 Å². The lowest BCUT2D eigenvalue weighted by Crippen LogP contribution is -2.36. The van der Waals surface area contributed by atoms with Crippen LogP contribution in [0.15, 0.2) is 42.7 Å². The van der Waals surface area contributed by atoms with Crippen molar-refractivity contribution >= 4 is 11.7 Å². The third kappa shape index (κ3) is 4.92. The molecule has 21 heavy (non-hydrogen) atoms. The van der Waals surface area contributed by atoms with Crippen molar-refractivity contribution < 1.29 is 9.90 Å². The Morgan fingerprint density at radius 3 is 2.86 bits per heavy atom. The molecule has 1 aromatic carbocycles. The zero-order valence-electron chi connectivity index (χ0n) is 12.0. The van der Waals surface area contributed by atoms with Gasteiger partial charge in [0.2, 0.25) is 0 Å². The van der Waals surface area contributed by atoms with Crippen LogP contribution in [0.4, 0.5) is 10.5 Å². The summed E-state index contributed by atoms with van der Waals surface area (Å²) in [5.41, 5.74) is 1.78. The Bertz CT molecular complexity index is 568. The van der Waals surface area contributed by atoms with E-state index in [4.69, 9.17) is 5.11 Å². The lowest BCUT2D eigenvalue weighted by molar-refractivity contribution is 0.241. The van der Waals surface area contributed by atoms with E-state index in [1.165, 1.54) is 0 Å². The summed E-state index contributed by atoms with van der Waals surface area (Å²) in [6, 6.07) is 9.61. The van der Waals surface area contributed by atoms with Crippen molar-refractivity contribution in [2.24, 2.45) is 0 Å². The number of benzene rings is 1. The van der Waals surface area contributed by atoms with Crippen LogP contribution in [0.1, 0.15) is 18.9 Å². The first-order chi connectivity index (χ1) is 10.2. The van der Waals surface area contributed by atoms with E-state index in [9.17, 15) is 4.79 Å². The number of carbonyl (C=O) groups is 1. The number of hydrogen-bond acceptors (Lipinski definition) is 3. The van der Waals surface area contributed by atoms with E-state index in [1.54, 1.807) is 17.1 Å². The van der Waals surface area contributed by atoms with Crippen molar-refractivity contribution in [3.05, 3.63) is 48.3 Å². The van der Waals surface area contributed by atoms with Crippen molar-refractivity contribution in [2.45, 2.75) is 25.9 Å². The monoisotopic (exact) mass is 288 g/mol. The molecule has 2 amide bonds. The minimum atomic E-state index is -0.296. The third-order valence-electron chi connectivity index (χ3n) is 3.02. The first kappa shape index (κ1) is 15.1. The van der Waals surface area contributed by atoms with Gasteiger partial charge in [-0.2, -0.15) is 5.10 Å². The number of amides is 2. The summed E-state index contributed by atoms with van der Waals surface area (Å²) in [4.78, 5) is 11.7. The molecule has 0 aliphatic heterocycles. The van der Waals surface area contributed by atoms with E-state index < -0.39 is 0 Å². The Kier molecular flexibility index (Phi) is 5.34. The summed E-state index contributed by atoms with van der Waals surface area (Å²) in [7, 11) is 0. The number of nitrogens with zero attached hydrogens (tertiary/aromatic N) is 2. The zero-order valence-corrected chi connectivity index (χ0v) is 12.0. The van der Waals surface area contributed by atoms with E-state index in [2.05, 4.69) is 15.7 Å². The first-order valence-corrected chi connectivity index (χ1v) is 6.92. The maximum absolute atomic E-state index is 11.7. The summed E-state index contributed by atoms with van der Waals surface area (Å²) < 4.78 is 1.77. The molecule has 2 aromatic rings. The Labute approximate surface area is 123 Å². The lowest BCUT2D eigenvalue weighted by atomic mass is 10.2. The molecular weight excluding hydrogens is 268 g/mol.